The van der Waals surface area contributed by atoms with Crippen molar-refractivity contribution in [2.24, 2.45) is 11.3 Å². The zero-order valence-corrected chi connectivity index (χ0v) is 13.3. The van der Waals surface area contributed by atoms with E-state index in [0.717, 1.165) is 31.8 Å². The maximum absolute atomic E-state index is 10.0. The lowest BCUT2D eigenvalue weighted by molar-refractivity contribution is 0.00999. The number of hydrogen-bond acceptors (Lipinski definition) is 3. The fourth-order valence-corrected chi connectivity index (χ4v) is 3.70. The summed E-state index contributed by atoms with van der Waals surface area (Å²) in [5, 5.41) is 10.0. The van der Waals surface area contributed by atoms with Gasteiger partial charge in [0.1, 0.15) is 0 Å². The predicted molar refractivity (Wildman–Crippen MR) is 82.3 cm³/mol. The van der Waals surface area contributed by atoms with Gasteiger partial charge in [0.2, 0.25) is 0 Å². The Labute approximate surface area is 119 Å². The summed E-state index contributed by atoms with van der Waals surface area (Å²) in [5.41, 5.74) is 0.354. The average Bonchev–Trinajstić information content (AvgIpc) is 2.34. The Morgan fingerprint density at radius 2 is 1.89 bits per heavy atom. The summed E-state index contributed by atoms with van der Waals surface area (Å²) >= 11 is 4.62. The Bertz CT molecular complexity index is 229. The number of β-amino-alcohol motifs (C(OH)–C–C–N with tert-alkyl or cyclic N) is 1. The number of rotatable bonds is 7. The van der Waals surface area contributed by atoms with Crippen LogP contribution in [-0.2, 0) is 0 Å². The Hall–Kier alpha value is 0.270. The molecule has 0 radical (unpaired) electrons. The van der Waals surface area contributed by atoms with Gasteiger partial charge in [-0.1, -0.05) is 33.6 Å². The average molecular weight is 273 g/mol. The van der Waals surface area contributed by atoms with Crippen molar-refractivity contribution in [2.45, 2.75) is 59.0 Å². The molecule has 0 amide bonds. The van der Waals surface area contributed by atoms with Crippen LogP contribution in [0.4, 0.5) is 0 Å². The van der Waals surface area contributed by atoms with Gasteiger partial charge in [0.15, 0.2) is 0 Å². The lowest BCUT2D eigenvalue weighted by Crippen LogP contribution is -2.48. The third kappa shape index (κ3) is 4.43. The van der Waals surface area contributed by atoms with Crippen LogP contribution in [0.25, 0.3) is 0 Å². The van der Waals surface area contributed by atoms with E-state index in [9.17, 15) is 5.11 Å². The topological polar surface area (TPSA) is 23.5 Å². The van der Waals surface area contributed by atoms with Gasteiger partial charge in [-0.05, 0) is 42.9 Å². The molecule has 0 saturated carbocycles. The number of hydrogen-bond donors (Lipinski definition) is 2. The van der Waals surface area contributed by atoms with E-state index in [0.29, 0.717) is 11.3 Å². The van der Waals surface area contributed by atoms with Crippen LogP contribution in [-0.4, -0.2) is 41.5 Å². The first-order chi connectivity index (χ1) is 8.56. The summed E-state index contributed by atoms with van der Waals surface area (Å²) < 4.78 is 0. The molecule has 1 fully saturated rings. The molecule has 1 aliphatic heterocycles. The largest absolute Gasteiger partial charge is 0.392 e. The minimum Gasteiger partial charge on any atom is -0.392 e. The number of piperidine rings is 1. The first-order valence-electron chi connectivity index (χ1n) is 7.58. The highest BCUT2D eigenvalue weighted by Gasteiger charge is 2.32. The molecule has 1 rings (SSSR count). The molecule has 0 aliphatic carbocycles. The predicted octanol–water partition coefficient (Wildman–Crippen LogP) is 3.21. The van der Waals surface area contributed by atoms with Crippen molar-refractivity contribution in [3.8, 4) is 0 Å². The monoisotopic (exact) mass is 273 g/mol. The first-order valence-corrected chi connectivity index (χ1v) is 8.21. The van der Waals surface area contributed by atoms with Gasteiger partial charge in [0.05, 0.1) is 6.10 Å². The van der Waals surface area contributed by atoms with Gasteiger partial charge in [-0.25, -0.2) is 0 Å². The SMILES string of the molecule is CCCC(CS)(CCC)CN1CCC(C)C(O)C1. The van der Waals surface area contributed by atoms with Gasteiger partial charge in [-0.15, -0.1) is 0 Å². The number of nitrogens with zero attached hydrogens (tertiary/aromatic N) is 1. The van der Waals surface area contributed by atoms with E-state index in [1.54, 1.807) is 0 Å². The number of aliphatic hydroxyl groups excluding tert-OH is 1. The minimum absolute atomic E-state index is 0.139. The normalized spacial score (nSPS) is 26.5. The maximum atomic E-state index is 10.0. The molecule has 0 aromatic heterocycles. The summed E-state index contributed by atoms with van der Waals surface area (Å²) in [6.07, 6.45) is 5.96. The van der Waals surface area contributed by atoms with Crippen molar-refractivity contribution < 1.29 is 5.11 Å². The molecule has 2 nitrogen and oxygen atoms in total. The van der Waals surface area contributed by atoms with Crippen molar-refractivity contribution >= 4 is 12.6 Å². The molecule has 1 N–H and O–H groups in total. The fourth-order valence-electron chi connectivity index (χ4n) is 3.28. The van der Waals surface area contributed by atoms with Crippen molar-refractivity contribution in [3.05, 3.63) is 0 Å². The standard InChI is InChI=1S/C15H31NOS/c1-4-7-15(12-18,8-5-2)11-16-9-6-13(3)14(17)10-16/h13-14,17-18H,4-12H2,1-3H3. The molecule has 18 heavy (non-hydrogen) atoms. The third-order valence-electron chi connectivity index (χ3n) is 4.46. The van der Waals surface area contributed by atoms with E-state index < -0.39 is 0 Å². The van der Waals surface area contributed by atoms with E-state index in [-0.39, 0.29) is 6.10 Å². The van der Waals surface area contributed by atoms with Crippen molar-refractivity contribution in [1.29, 1.82) is 0 Å². The van der Waals surface area contributed by atoms with Crippen LogP contribution in [0.3, 0.4) is 0 Å². The Balaban J connectivity index is 2.59. The quantitative estimate of drug-likeness (QED) is 0.696. The van der Waals surface area contributed by atoms with Crippen LogP contribution in [0, 0.1) is 11.3 Å². The smallest absolute Gasteiger partial charge is 0.0693 e. The molecule has 2 unspecified atom stereocenters. The molecule has 0 aromatic rings. The summed E-state index contributed by atoms with van der Waals surface area (Å²) in [7, 11) is 0. The van der Waals surface area contributed by atoms with Crippen LogP contribution in [0.2, 0.25) is 0 Å². The van der Waals surface area contributed by atoms with Crippen molar-refractivity contribution in [2.75, 3.05) is 25.4 Å². The Morgan fingerprint density at radius 3 is 2.33 bits per heavy atom. The molecule has 1 heterocycles. The summed E-state index contributed by atoms with van der Waals surface area (Å²) in [5.74, 6) is 1.43. The van der Waals surface area contributed by atoms with Gasteiger partial charge in [0, 0.05) is 13.1 Å². The molecular weight excluding hydrogens is 242 g/mol. The molecule has 1 aliphatic rings. The lowest BCUT2D eigenvalue weighted by atomic mass is 9.79. The van der Waals surface area contributed by atoms with Gasteiger partial charge < -0.3 is 10.0 Å². The summed E-state index contributed by atoms with van der Waals surface area (Å²) in [6.45, 7) is 9.79. The number of likely N-dealkylation sites (tertiary alicyclic amines) is 1. The first kappa shape index (κ1) is 16.3. The highest BCUT2D eigenvalue weighted by molar-refractivity contribution is 7.80. The second-order valence-corrected chi connectivity index (χ2v) is 6.54. The Morgan fingerprint density at radius 1 is 1.28 bits per heavy atom. The summed E-state index contributed by atoms with van der Waals surface area (Å²) in [6, 6.07) is 0. The molecule has 2 atom stereocenters. The van der Waals surface area contributed by atoms with Gasteiger partial charge in [0.25, 0.3) is 0 Å². The molecule has 1 saturated heterocycles. The third-order valence-corrected chi connectivity index (χ3v) is 5.13. The zero-order valence-electron chi connectivity index (χ0n) is 12.4. The fraction of sp³-hybridized carbons (Fsp3) is 1.00. The molecule has 3 heteroatoms. The molecule has 0 bridgehead atoms. The minimum atomic E-state index is -0.139. The van der Waals surface area contributed by atoms with E-state index in [4.69, 9.17) is 0 Å². The highest BCUT2D eigenvalue weighted by Crippen LogP contribution is 2.33. The molecule has 0 spiro atoms. The van der Waals surface area contributed by atoms with E-state index in [1.807, 2.05) is 0 Å². The van der Waals surface area contributed by atoms with E-state index in [2.05, 4.69) is 38.3 Å². The summed E-state index contributed by atoms with van der Waals surface area (Å²) in [4.78, 5) is 2.46. The lowest BCUT2D eigenvalue weighted by Gasteiger charge is -2.41. The number of thiol groups is 1. The molecule has 0 aromatic carbocycles. The number of aliphatic hydroxyl groups is 1. The second kappa shape index (κ2) is 7.76. The van der Waals surface area contributed by atoms with E-state index in [1.165, 1.54) is 25.7 Å². The van der Waals surface area contributed by atoms with Crippen LogP contribution in [0.15, 0.2) is 0 Å². The van der Waals surface area contributed by atoms with Crippen LogP contribution >= 0.6 is 12.6 Å². The van der Waals surface area contributed by atoms with Gasteiger partial charge in [-0.2, -0.15) is 12.6 Å². The van der Waals surface area contributed by atoms with Crippen LogP contribution < -0.4 is 0 Å². The van der Waals surface area contributed by atoms with E-state index >= 15 is 0 Å². The van der Waals surface area contributed by atoms with Gasteiger partial charge >= 0.3 is 0 Å². The maximum Gasteiger partial charge on any atom is 0.0693 e. The van der Waals surface area contributed by atoms with Gasteiger partial charge in [-0.3, -0.25) is 0 Å². The van der Waals surface area contributed by atoms with Crippen molar-refractivity contribution in [3.63, 3.8) is 0 Å². The highest BCUT2D eigenvalue weighted by atomic mass is 32.1. The molecule has 108 valence electrons. The van der Waals surface area contributed by atoms with Crippen LogP contribution in [0.1, 0.15) is 52.9 Å². The molecular formula is C15H31NOS. The van der Waals surface area contributed by atoms with Crippen molar-refractivity contribution in [1.82, 2.24) is 4.90 Å². The Kier molecular flexibility index (Phi) is 7.04. The second-order valence-electron chi connectivity index (χ2n) is 6.23. The van der Waals surface area contributed by atoms with Crippen LogP contribution in [0.5, 0.6) is 0 Å². The zero-order chi connectivity index (χ0) is 13.6.